The third-order valence-electron chi connectivity index (χ3n) is 2.62. The van der Waals surface area contributed by atoms with Crippen LogP contribution in [0, 0.1) is 6.92 Å². The molecule has 5 nitrogen and oxygen atoms in total. The lowest BCUT2D eigenvalue weighted by Crippen LogP contribution is -2.15. The van der Waals surface area contributed by atoms with E-state index >= 15 is 0 Å². The van der Waals surface area contributed by atoms with Gasteiger partial charge in [0.2, 0.25) is 5.91 Å². The highest BCUT2D eigenvalue weighted by molar-refractivity contribution is 7.99. The van der Waals surface area contributed by atoms with Crippen LogP contribution in [0.4, 0.5) is 5.69 Å². The fourth-order valence-corrected chi connectivity index (χ4v) is 2.53. The van der Waals surface area contributed by atoms with Gasteiger partial charge in [-0.1, -0.05) is 17.7 Å². The largest absolute Gasteiger partial charge is 0.325 e. The Morgan fingerprint density at radius 3 is 2.85 bits per heavy atom. The second-order valence-corrected chi connectivity index (χ2v) is 5.71. The van der Waals surface area contributed by atoms with Gasteiger partial charge in [-0.15, -0.1) is 11.8 Å². The summed E-state index contributed by atoms with van der Waals surface area (Å²) in [6.45, 7) is 1.91. The summed E-state index contributed by atoms with van der Waals surface area (Å²) in [4.78, 5) is 22.7. The molecular weight excluding hydrogens is 298 g/mol. The van der Waals surface area contributed by atoms with E-state index in [9.17, 15) is 9.59 Å². The number of nitrogens with one attached hydrogen (secondary N) is 3. The van der Waals surface area contributed by atoms with Crippen LogP contribution in [0.2, 0.25) is 5.02 Å². The van der Waals surface area contributed by atoms with Crippen molar-refractivity contribution in [3.8, 4) is 0 Å². The first-order chi connectivity index (χ1) is 9.54. The third-order valence-corrected chi connectivity index (χ3v) is 3.83. The number of halogens is 1. The minimum Gasteiger partial charge on any atom is -0.325 e. The van der Waals surface area contributed by atoms with Gasteiger partial charge in [-0.3, -0.25) is 14.7 Å². The van der Waals surface area contributed by atoms with E-state index in [1.807, 2.05) is 13.0 Å². The number of thioether (sulfide) groups is 1. The summed E-state index contributed by atoms with van der Waals surface area (Å²) < 4.78 is 0. The molecule has 0 radical (unpaired) electrons. The van der Waals surface area contributed by atoms with Gasteiger partial charge < -0.3 is 10.4 Å². The number of aromatic nitrogens is 2. The molecule has 1 heterocycles. The van der Waals surface area contributed by atoms with E-state index in [0.29, 0.717) is 16.5 Å². The topological polar surface area (TPSA) is 77.8 Å². The van der Waals surface area contributed by atoms with Crippen molar-refractivity contribution in [1.82, 2.24) is 10.2 Å². The molecule has 1 amide bonds. The van der Waals surface area contributed by atoms with Crippen molar-refractivity contribution in [2.75, 3.05) is 11.1 Å². The maximum Gasteiger partial charge on any atom is 0.264 e. The molecule has 0 bridgehead atoms. The van der Waals surface area contributed by atoms with Crippen LogP contribution in [0.5, 0.6) is 0 Å². The van der Waals surface area contributed by atoms with E-state index < -0.39 is 0 Å². The molecule has 20 heavy (non-hydrogen) atoms. The summed E-state index contributed by atoms with van der Waals surface area (Å²) in [6.07, 6.45) is 0. The number of H-pyrrole nitrogens is 2. The second-order valence-electron chi connectivity index (χ2n) is 4.28. The van der Waals surface area contributed by atoms with E-state index in [-0.39, 0.29) is 11.5 Å². The molecule has 0 spiro atoms. The number of anilines is 1. The number of aromatic amines is 2. The van der Waals surface area contributed by atoms with Gasteiger partial charge in [-0.2, -0.15) is 0 Å². The van der Waals surface area contributed by atoms with Crippen molar-refractivity contribution in [2.24, 2.45) is 0 Å². The summed E-state index contributed by atoms with van der Waals surface area (Å²) in [7, 11) is 0. The van der Waals surface area contributed by atoms with Gasteiger partial charge >= 0.3 is 0 Å². The van der Waals surface area contributed by atoms with Crippen LogP contribution in [0.1, 0.15) is 11.3 Å². The molecular formula is C13H14ClN3O2S. The molecule has 2 aromatic rings. The number of carbonyl (C=O) groups is 1. The van der Waals surface area contributed by atoms with E-state index in [4.69, 9.17) is 11.6 Å². The molecule has 0 unspecified atom stereocenters. The zero-order chi connectivity index (χ0) is 14.5. The van der Waals surface area contributed by atoms with Crippen molar-refractivity contribution in [2.45, 2.75) is 12.7 Å². The maximum atomic E-state index is 11.8. The summed E-state index contributed by atoms with van der Waals surface area (Å²) in [5.41, 5.74) is 2.28. The normalized spacial score (nSPS) is 10.5. The zero-order valence-electron chi connectivity index (χ0n) is 10.8. The second kappa shape index (κ2) is 6.67. The van der Waals surface area contributed by atoms with E-state index in [1.165, 1.54) is 17.8 Å². The molecule has 0 fully saturated rings. The Hall–Kier alpha value is -1.66. The number of amides is 1. The van der Waals surface area contributed by atoms with E-state index in [0.717, 1.165) is 16.9 Å². The number of rotatable bonds is 5. The predicted octanol–water partition coefficient (Wildman–Crippen LogP) is 2.54. The predicted molar refractivity (Wildman–Crippen MR) is 82.4 cm³/mol. The monoisotopic (exact) mass is 311 g/mol. The van der Waals surface area contributed by atoms with Gasteiger partial charge in [0.15, 0.2) is 0 Å². The Kier molecular flexibility index (Phi) is 4.92. The lowest BCUT2D eigenvalue weighted by molar-refractivity contribution is -0.113. The number of benzene rings is 1. The molecule has 1 aromatic heterocycles. The molecule has 0 aliphatic carbocycles. The first-order valence-corrected chi connectivity index (χ1v) is 7.48. The highest BCUT2D eigenvalue weighted by atomic mass is 35.5. The third kappa shape index (κ3) is 4.18. The van der Waals surface area contributed by atoms with Crippen molar-refractivity contribution in [3.05, 3.63) is 50.9 Å². The Morgan fingerprint density at radius 2 is 2.15 bits per heavy atom. The fourth-order valence-electron chi connectivity index (χ4n) is 1.62. The first-order valence-electron chi connectivity index (χ1n) is 5.95. The summed E-state index contributed by atoms with van der Waals surface area (Å²) in [6, 6.07) is 6.84. The van der Waals surface area contributed by atoms with Crippen molar-refractivity contribution >= 4 is 35.0 Å². The lowest BCUT2D eigenvalue weighted by Gasteiger charge is -2.08. The molecule has 7 heteroatoms. The van der Waals surface area contributed by atoms with Gasteiger partial charge in [0.1, 0.15) is 0 Å². The average Bonchev–Trinajstić information content (AvgIpc) is 2.80. The smallest absolute Gasteiger partial charge is 0.264 e. The van der Waals surface area contributed by atoms with Gasteiger partial charge in [-0.05, 0) is 24.6 Å². The van der Waals surface area contributed by atoms with Crippen LogP contribution >= 0.6 is 23.4 Å². The molecule has 3 N–H and O–H groups in total. The zero-order valence-corrected chi connectivity index (χ0v) is 12.4. The van der Waals surface area contributed by atoms with Crippen LogP contribution in [0.25, 0.3) is 0 Å². The highest BCUT2D eigenvalue weighted by Gasteiger charge is 2.06. The molecule has 2 rings (SSSR count). The molecule has 0 atom stereocenters. The summed E-state index contributed by atoms with van der Waals surface area (Å²) in [5.74, 6) is 0.776. The Bertz CT molecular complexity index is 666. The van der Waals surface area contributed by atoms with Crippen LogP contribution in [0.3, 0.4) is 0 Å². The van der Waals surface area contributed by atoms with Crippen molar-refractivity contribution < 1.29 is 4.79 Å². The number of carbonyl (C=O) groups excluding carboxylic acids is 1. The van der Waals surface area contributed by atoms with Gasteiger partial charge in [0.25, 0.3) is 5.56 Å². The number of hydrogen-bond acceptors (Lipinski definition) is 3. The molecule has 1 aromatic carbocycles. The average molecular weight is 312 g/mol. The summed E-state index contributed by atoms with van der Waals surface area (Å²) in [5, 5.41) is 8.59. The van der Waals surface area contributed by atoms with Crippen molar-refractivity contribution in [3.63, 3.8) is 0 Å². The fraction of sp³-hybridized carbons (Fsp3) is 0.231. The summed E-state index contributed by atoms with van der Waals surface area (Å²) >= 11 is 7.32. The minimum atomic E-state index is -0.167. The lowest BCUT2D eigenvalue weighted by atomic mass is 10.2. The molecule has 0 saturated carbocycles. The van der Waals surface area contributed by atoms with Gasteiger partial charge in [-0.25, -0.2) is 0 Å². The highest BCUT2D eigenvalue weighted by Crippen LogP contribution is 2.20. The Labute approximate surface area is 125 Å². The number of hydrogen-bond donors (Lipinski definition) is 3. The van der Waals surface area contributed by atoms with E-state index in [2.05, 4.69) is 15.5 Å². The van der Waals surface area contributed by atoms with Crippen molar-refractivity contribution in [1.29, 1.82) is 0 Å². The first kappa shape index (κ1) is 14.7. The van der Waals surface area contributed by atoms with Crippen LogP contribution in [-0.4, -0.2) is 21.9 Å². The van der Waals surface area contributed by atoms with Crippen LogP contribution in [-0.2, 0) is 10.5 Å². The van der Waals surface area contributed by atoms with Crippen LogP contribution in [0.15, 0.2) is 29.1 Å². The Balaban J connectivity index is 1.83. The number of aryl methyl sites for hydroxylation is 1. The SMILES string of the molecule is Cc1ccc(Cl)cc1NC(=O)CSCc1cc(=O)[nH][nH]1. The molecule has 106 valence electrons. The molecule has 0 saturated heterocycles. The standard InChI is InChI=1S/C13H14ClN3O2S/c1-8-2-3-9(14)4-11(8)15-13(19)7-20-6-10-5-12(18)17-16-10/h2-5H,6-7H2,1H3,(H,15,19)(H2,16,17,18). The Morgan fingerprint density at radius 1 is 1.35 bits per heavy atom. The van der Waals surface area contributed by atoms with Gasteiger partial charge in [0, 0.05) is 28.2 Å². The van der Waals surface area contributed by atoms with E-state index in [1.54, 1.807) is 12.1 Å². The quantitative estimate of drug-likeness (QED) is 0.794. The molecule has 0 aliphatic heterocycles. The van der Waals surface area contributed by atoms with Gasteiger partial charge in [0.05, 0.1) is 5.75 Å². The minimum absolute atomic E-state index is 0.0988. The maximum absolute atomic E-state index is 11.8. The van der Waals surface area contributed by atoms with Crippen LogP contribution < -0.4 is 10.9 Å². The molecule has 0 aliphatic rings.